The van der Waals surface area contributed by atoms with Crippen LogP contribution in [-0.4, -0.2) is 70.3 Å². The lowest BCUT2D eigenvalue weighted by atomic mass is 9.92. The zero-order valence-electron chi connectivity index (χ0n) is 19.7. The van der Waals surface area contributed by atoms with Crippen LogP contribution in [0.5, 0.6) is 0 Å². The number of alkyl halides is 7. The average Bonchev–Trinajstić information content (AvgIpc) is 3.13. The zero-order valence-corrected chi connectivity index (χ0v) is 19.7. The van der Waals surface area contributed by atoms with E-state index in [4.69, 9.17) is 5.73 Å². The third-order valence-electron chi connectivity index (χ3n) is 6.49. The lowest BCUT2D eigenvalue weighted by Gasteiger charge is -2.37. The molecule has 2 aromatic heterocycles. The summed E-state index contributed by atoms with van der Waals surface area (Å²) in [5.41, 5.74) is 3.83. The molecule has 2 aliphatic heterocycles. The number of halogens is 8. The molecule has 0 aliphatic carbocycles. The third-order valence-corrected chi connectivity index (χ3v) is 6.49. The Morgan fingerprint density at radius 2 is 1.87 bits per heavy atom. The van der Waals surface area contributed by atoms with Gasteiger partial charge >= 0.3 is 6.18 Å². The molecular weight excluding hydrogens is 530 g/mol. The van der Waals surface area contributed by atoms with E-state index in [0.29, 0.717) is 12.3 Å². The maximum Gasteiger partial charge on any atom is 0.417 e. The van der Waals surface area contributed by atoms with Gasteiger partial charge in [0.1, 0.15) is 6.33 Å². The molecule has 1 unspecified atom stereocenters. The first kappa shape index (κ1) is 27.7. The van der Waals surface area contributed by atoms with Crippen molar-refractivity contribution >= 4 is 17.5 Å². The van der Waals surface area contributed by atoms with Gasteiger partial charge in [-0.2, -0.15) is 17.6 Å². The summed E-state index contributed by atoms with van der Waals surface area (Å²) < 4.78 is 112. The molecule has 8 nitrogen and oxygen atoms in total. The zero-order chi connectivity index (χ0) is 27.9. The lowest BCUT2D eigenvalue weighted by Crippen LogP contribution is -2.52. The van der Waals surface area contributed by atoms with Crippen LogP contribution < -0.4 is 16.0 Å². The van der Waals surface area contributed by atoms with Crippen molar-refractivity contribution in [3.8, 4) is 0 Å². The number of piperidine rings is 1. The maximum atomic E-state index is 15.3. The van der Waals surface area contributed by atoms with Crippen molar-refractivity contribution in [1.82, 2.24) is 19.9 Å². The SMILES string of the molecule is NC(=O)CN1CCC(CNc2ncnc(N3CC(F)(F)C[C@@H]3c3ccc(C(F)(F)F)cn3)c2F)C(F)(F)C1. The summed E-state index contributed by atoms with van der Waals surface area (Å²) >= 11 is 0. The highest BCUT2D eigenvalue weighted by molar-refractivity contribution is 5.75. The fraction of sp³-hybridized carbons (Fsp3) is 0.545. The number of likely N-dealkylation sites (tertiary alicyclic amines) is 1. The summed E-state index contributed by atoms with van der Waals surface area (Å²) in [6, 6.07) is 0.325. The number of hydrogen-bond donors (Lipinski definition) is 2. The molecule has 2 fully saturated rings. The monoisotopic (exact) mass is 553 g/mol. The van der Waals surface area contributed by atoms with Gasteiger partial charge in [0.2, 0.25) is 11.7 Å². The van der Waals surface area contributed by atoms with Crippen LogP contribution in [0.1, 0.15) is 30.1 Å². The summed E-state index contributed by atoms with van der Waals surface area (Å²) in [7, 11) is 0. The first-order chi connectivity index (χ1) is 17.7. The second-order valence-corrected chi connectivity index (χ2v) is 9.34. The molecule has 2 atom stereocenters. The summed E-state index contributed by atoms with van der Waals surface area (Å²) in [5.74, 6) is -10.8. The van der Waals surface area contributed by atoms with Crippen LogP contribution >= 0.6 is 0 Å². The van der Waals surface area contributed by atoms with Crippen LogP contribution in [0.2, 0.25) is 0 Å². The summed E-state index contributed by atoms with van der Waals surface area (Å²) in [6.45, 7) is -2.29. The second-order valence-electron chi connectivity index (χ2n) is 9.34. The van der Waals surface area contributed by atoms with Crippen LogP contribution in [-0.2, 0) is 11.0 Å². The Balaban J connectivity index is 1.52. The lowest BCUT2D eigenvalue weighted by molar-refractivity contribution is -0.137. The highest BCUT2D eigenvalue weighted by Crippen LogP contribution is 2.44. The fourth-order valence-corrected chi connectivity index (χ4v) is 4.64. The number of carbonyl (C=O) groups is 1. The van der Waals surface area contributed by atoms with E-state index in [0.717, 1.165) is 17.3 Å². The van der Waals surface area contributed by atoms with Gasteiger partial charge in [-0.3, -0.25) is 14.7 Å². The molecule has 2 aliphatic rings. The Labute approximate surface area is 211 Å². The van der Waals surface area contributed by atoms with Crippen molar-refractivity contribution in [3.63, 3.8) is 0 Å². The average molecular weight is 553 g/mol. The number of carbonyl (C=O) groups excluding carboxylic acids is 1. The molecule has 1 amide bonds. The van der Waals surface area contributed by atoms with E-state index in [2.05, 4.69) is 20.3 Å². The molecule has 38 heavy (non-hydrogen) atoms. The number of primary amides is 1. The summed E-state index contributed by atoms with van der Waals surface area (Å²) in [4.78, 5) is 24.2. The molecule has 2 aromatic rings. The van der Waals surface area contributed by atoms with Gasteiger partial charge in [-0.05, 0) is 25.1 Å². The molecule has 0 saturated carbocycles. The Hall–Kier alpha value is -3.30. The minimum atomic E-state index is -4.68. The summed E-state index contributed by atoms with van der Waals surface area (Å²) in [6.07, 6.45) is -4.20. The number of rotatable bonds is 7. The number of nitrogens with zero attached hydrogens (tertiary/aromatic N) is 5. The van der Waals surface area contributed by atoms with Crippen molar-refractivity contribution in [1.29, 1.82) is 0 Å². The molecule has 16 heteroatoms. The van der Waals surface area contributed by atoms with E-state index in [1.807, 2.05) is 0 Å². The van der Waals surface area contributed by atoms with E-state index in [1.54, 1.807) is 0 Å². The van der Waals surface area contributed by atoms with E-state index in [-0.39, 0.29) is 25.2 Å². The highest BCUT2D eigenvalue weighted by Gasteiger charge is 2.48. The first-order valence-electron chi connectivity index (χ1n) is 11.5. The Morgan fingerprint density at radius 1 is 1.13 bits per heavy atom. The van der Waals surface area contributed by atoms with Gasteiger partial charge < -0.3 is 16.0 Å². The van der Waals surface area contributed by atoms with Crippen LogP contribution in [0.15, 0.2) is 24.7 Å². The number of amides is 1. The molecular formula is C22H23F8N7O. The third kappa shape index (κ3) is 6.05. The number of pyridine rings is 1. The molecule has 2 saturated heterocycles. The van der Waals surface area contributed by atoms with E-state index in [1.165, 1.54) is 4.90 Å². The molecule has 0 spiro atoms. The van der Waals surface area contributed by atoms with Gasteiger partial charge in [0.15, 0.2) is 11.6 Å². The van der Waals surface area contributed by atoms with Crippen LogP contribution in [0.3, 0.4) is 0 Å². The quantitative estimate of drug-likeness (QED) is 0.507. The molecule has 0 bridgehead atoms. The smallest absolute Gasteiger partial charge is 0.369 e. The minimum absolute atomic E-state index is 0.0349. The van der Waals surface area contributed by atoms with E-state index in [9.17, 15) is 35.5 Å². The Kier molecular flexibility index (Phi) is 7.38. The number of anilines is 2. The number of nitrogens with one attached hydrogen (secondary N) is 1. The molecule has 0 aromatic carbocycles. The highest BCUT2D eigenvalue weighted by atomic mass is 19.4. The Bertz CT molecular complexity index is 1160. The van der Waals surface area contributed by atoms with E-state index < -0.39 is 85.0 Å². The number of nitrogens with two attached hydrogens (primary N) is 1. The molecule has 208 valence electrons. The predicted molar refractivity (Wildman–Crippen MR) is 118 cm³/mol. The van der Waals surface area contributed by atoms with Crippen molar-refractivity contribution < 1.29 is 39.9 Å². The van der Waals surface area contributed by atoms with Crippen LogP contribution in [0, 0.1) is 11.7 Å². The van der Waals surface area contributed by atoms with Crippen molar-refractivity contribution in [2.45, 2.75) is 36.9 Å². The van der Waals surface area contributed by atoms with Crippen LogP contribution in [0.25, 0.3) is 0 Å². The van der Waals surface area contributed by atoms with E-state index >= 15 is 4.39 Å². The molecule has 4 heterocycles. The standard InChI is InChI=1S/C22H23F8N7O/c23-17-18(33-6-12-3-4-36(8-16(31)38)10-21(12,26)27)34-11-35-19(17)37-9-20(24,25)5-15(37)14-2-1-13(7-32-14)22(28,29)30/h1-2,7,11-12,15H,3-6,8-10H2,(H2,31,38)(H,33,34,35)/t12?,15-/m1/s1. The maximum absolute atomic E-state index is 15.3. The fourth-order valence-electron chi connectivity index (χ4n) is 4.64. The van der Waals surface area contributed by atoms with Gasteiger partial charge in [0.05, 0.1) is 36.9 Å². The summed E-state index contributed by atoms with van der Waals surface area (Å²) in [5, 5.41) is 2.49. The predicted octanol–water partition coefficient (Wildman–Crippen LogP) is 3.47. The van der Waals surface area contributed by atoms with Crippen molar-refractivity contribution in [2.24, 2.45) is 11.7 Å². The van der Waals surface area contributed by atoms with Gasteiger partial charge in [0.25, 0.3) is 11.8 Å². The van der Waals surface area contributed by atoms with Gasteiger partial charge in [-0.1, -0.05) is 0 Å². The molecule has 0 radical (unpaired) electrons. The Morgan fingerprint density at radius 3 is 2.47 bits per heavy atom. The minimum Gasteiger partial charge on any atom is -0.369 e. The first-order valence-corrected chi connectivity index (χ1v) is 11.5. The number of hydrogen-bond acceptors (Lipinski definition) is 7. The van der Waals surface area contributed by atoms with Crippen molar-refractivity contribution in [2.75, 3.05) is 42.9 Å². The topological polar surface area (TPSA) is 100 Å². The number of aromatic nitrogens is 3. The molecule has 3 N–H and O–H groups in total. The van der Waals surface area contributed by atoms with Gasteiger partial charge in [-0.15, -0.1) is 0 Å². The van der Waals surface area contributed by atoms with Gasteiger partial charge in [-0.25, -0.2) is 27.5 Å². The largest absolute Gasteiger partial charge is 0.417 e. The van der Waals surface area contributed by atoms with Gasteiger partial charge in [0, 0.05) is 25.1 Å². The van der Waals surface area contributed by atoms with Crippen molar-refractivity contribution in [3.05, 3.63) is 41.7 Å². The normalized spacial score (nSPS) is 23.4. The van der Waals surface area contributed by atoms with Crippen LogP contribution in [0.4, 0.5) is 46.8 Å². The molecule has 4 rings (SSSR count). The second kappa shape index (κ2) is 10.1.